The maximum absolute atomic E-state index is 11.0. The minimum Gasteiger partial charge on any atom is -0.478 e. The Morgan fingerprint density at radius 2 is 2.26 bits per heavy atom. The molecule has 0 aromatic carbocycles. The first kappa shape index (κ1) is 13.9. The highest BCUT2D eigenvalue weighted by Gasteiger charge is 2.23. The second kappa shape index (κ2) is 6.58. The average molecular weight is 266 g/mol. The van der Waals surface area contributed by atoms with Gasteiger partial charge in [0.1, 0.15) is 11.9 Å². The minimum absolute atomic E-state index is 0.0987. The van der Waals surface area contributed by atoms with Gasteiger partial charge in [-0.25, -0.2) is 14.8 Å². The van der Waals surface area contributed by atoms with E-state index in [2.05, 4.69) is 9.97 Å². The summed E-state index contributed by atoms with van der Waals surface area (Å²) in [7, 11) is 1.71. The topological polar surface area (TPSA) is 81.5 Å². The van der Waals surface area contributed by atoms with E-state index in [4.69, 9.17) is 14.6 Å². The molecule has 0 amide bonds. The summed E-state index contributed by atoms with van der Waals surface area (Å²) in [6.45, 7) is 0.200. The maximum atomic E-state index is 11.0. The predicted molar refractivity (Wildman–Crippen MR) is 66.8 cm³/mol. The highest BCUT2D eigenvalue weighted by molar-refractivity contribution is 5.88. The molecule has 6 nitrogen and oxygen atoms in total. The van der Waals surface area contributed by atoms with Crippen molar-refractivity contribution in [2.24, 2.45) is 0 Å². The van der Waals surface area contributed by atoms with Crippen LogP contribution in [-0.4, -0.2) is 40.4 Å². The number of methoxy groups -OCH3 is 1. The van der Waals surface area contributed by atoms with Crippen LogP contribution in [0.2, 0.25) is 0 Å². The van der Waals surface area contributed by atoms with Crippen molar-refractivity contribution >= 4 is 5.97 Å². The Kier molecular flexibility index (Phi) is 4.81. The molecule has 1 aliphatic carbocycles. The van der Waals surface area contributed by atoms with E-state index >= 15 is 0 Å². The summed E-state index contributed by atoms with van der Waals surface area (Å²) in [6.07, 6.45) is 6.94. The standard InChI is InChI=1S/C13H18N2O4/c1-18-9-3-2-4-10(5-9)19-7-12-11(13(16)17)6-14-8-15-12/h6,8-10H,2-5,7H2,1H3,(H,16,17). The summed E-state index contributed by atoms with van der Waals surface area (Å²) in [5.41, 5.74) is 0.517. The van der Waals surface area contributed by atoms with Crippen LogP contribution in [0, 0.1) is 0 Å². The molecule has 1 aromatic heterocycles. The van der Waals surface area contributed by atoms with Gasteiger partial charge in [0.25, 0.3) is 0 Å². The SMILES string of the molecule is COC1CCCC(OCc2ncncc2C(=O)O)C1. The van der Waals surface area contributed by atoms with Crippen molar-refractivity contribution in [1.29, 1.82) is 0 Å². The molecule has 1 heterocycles. The van der Waals surface area contributed by atoms with Crippen LogP contribution in [-0.2, 0) is 16.1 Å². The highest BCUT2D eigenvalue weighted by Crippen LogP contribution is 2.24. The number of hydrogen-bond donors (Lipinski definition) is 1. The van der Waals surface area contributed by atoms with Gasteiger partial charge in [0.15, 0.2) is 0 Å². The lowest BCUT2D eigenvalue weighted by Gasteiger charge is -2.28. The lowest BCUT2D eigenvalue weighted by molar-refractivity contribution is -0.0374. The summed E-state index contributed by atoms with van der Waals surface area (Å²) in [5, 5.41) is 9.03. The summed E-state index contributed by atoms with van der Waals surface area (Å²) in [4.78, 5) is 18.7. The van der Waals surface area contributed by atoms with E-state index in [9.17, 15) is 4.79 Å². The van der Waals surface area contributed by atoms with E-state index in [1.54, 1.807) is 7.11 Å². The number of rotatable bonds is 5. The lowest BCUT2D eigenvalue weighted by Crippen LogP contribution is -2.27. The molecule has 2 unspecified atom stereocenters. The molecule has 1 fully saturated rings. The number of nitrogens with zero attached hydrogens (tertiary/aromatic N) is 2. The van der Waals surface area contributed by atoms with Crippen molar-refractivity contribution in [3.05, 3.63) is 23.8 Å². The molecule has 1 aliphatic rings. The fourth-order valence-corrected chi connectivity index (χ4v) is 2.31. The van der Waals surface area contributed by atoms with Crippen molar-refractivity contribution in [3.8, 4) is 0 Å². The molecule has 1 aromatic rings. The number of carboxylic acid groups (broad SMARTS) is 1. The van der Waals surface area contributed by atoms with Gasteiger partial charge in [-0.2, -0.15) is 0 Å². The molecular formula is C13H18N2O4. The Morgan fingerprint density at radius 3 is 3.00 bits per heavy atom. The molecule has 0 bridgehead atoms. The van der Waals surface area contributed by atoms with Crippen molar-refractivity contribution < 1.29 is 19.4 Å². The van der Waals surface area contributed by atoms with Crippen LogP contribution < -0.4 is 0 Å². The number of ether oxygens (including phenoxy) is 2. The van der Waals surface area contributed by atoms with Crippen molar-refractivity contribution in [3.63, 3.8) is 0 Å². The number of aromatic nitrogens is 2. The van der Waals surface area contributed by atoms with Crippen molar-refractivity contribution in [2.45, 2.75) is 44.5 Å². The van der Waals surface area contributed by atoms with E-state index in [0.717, 1.165) is 25.7 Å². The Balaban J connectivity index is 1.93. The number of carboxylic acids is 1. The molecule has 0 saturated heterocycles. The van der Waals surface area contributed by atoms with Gasteiger partial charge in [-0.3, -0.25) is 0 Å². The van der Waals surface area contributed by atoms with Gasteiger partial charge in [-0.05, 0) is 25.7 Å². The van der Waals surface area contributed by atoms with E-state index in [0.29, 0.717) is 5.69 Å². The molecule has 1 saturated carbocycles. The van der Waals surface area contributed by atoms with Gasteiger partial charge in [0.05, 0.1) is 24.5 Å². The molecule has 6 heteroatoms. The summed E-state index contributed by atoms with van der Waals surface area (Å²) < 4.78 is 11.1. The zero-order valence-electron chi connectivity index (χ0n) is 10.9. The number of hydrogen-bond acceptors (Lipinski definition) is 5. The zero-order chi connectivity index (χ0) is 13.7. The predicted octanol–water partition coefficient (Wildman–Crippen LogP) is 1.65. The second-order valence-corrected chi connectivity index (χ2v) is 4.65. The first-order chi connectivity index (χ1) is 9.20. The van der Waals surface area contributed by atoms with E-state index < -0.39 is 5.97 Å². The van der Waals surface area contributed by atoms with E-state index in [-0.39, 0.29) is 24.4 Å². The third kappa shape index (κ3) is 3.71. The molecule has 0 spiro atoms. The van der Waals surface area contributed by atoms with Crippen LogP contribution in [0.25, 0.3) is 0 Å². The Morgan fingerprint density at radius 1 is 1.47 bits per heavy atom. The smallest absolute Gasteiger partial charge is 0.339 e. The highest BCUT2D eigenvalue weighted by atomic mass is 16.5. The first-order valence-corrected chi connectivity index (χ1v) is 6.37. The Hall–Kier alpha value is -1.53. The van der Waals surface area contributed by atoms with Gasteiger partial charge in [-0.15, -0.1) is 0 Å². The van der Waals surface area contributed by atoms with Gasteiger partial charge < -0.3 is 14.6 Å². The van der Waals surface area contributed by atoms with Crippen molar-refractivity contribution in [1.82, 2.24) is 9.97 Å². The molecule has 1 N–H and O–H groups in total. The zero-order valence-corrected chi connectivity index (χ0v) is 10.9. The molecule has 0 aliphatic heterocycles. The molecule has 2 atom stereocenters. The summed E-state index contributed by atoms with van der Waals surface area (Å²) >= 11 is 0. The number of aromatic carboxylic acids is 1. The summed E-state index contributed by atoms with van der Waals surface area (Å²) in [6, 6.07) is 0. The van der Waals surface area contributed by atoms with Gasteiger partial charge in [-0.1, -0.05) is 0 Å². The number of carbonyl (C=O) groups is 1. The molecule has 19 heavy (non-hydrogen) atoms. The van der Waals surface area contributed by atoms with E-state index in [1.165, 1.54) is 12.5 Å². The van der Waals surface area contributed by atoms with Gasteiger partial charge in [0, 0.05) is 13.3 Å². The molecule has 2 rings (SSSR count). The van der Waals surface area contributed by atoms with Gasteiger partial charge in [0.2, 0.25) is 0 Å². The second-order valence-electron chi connectivity index (χ2n) is 4.65. The third-order valence-electron chi connectivity index (χ3n) is 3.39. The minimum atomic E-state index is -1.03. The lowest BCUT2D eigenvalue weighted by atomic mass is 9.95. The first-order valence-electron chi connectivity index (χ1n) is 6.37. The largest absolute Gasteiger partial charge is 0.478 e. The van der Waals surface area contributed by atoms with Crippen LogP contribution >= 0.6 is 0 Å². The molecule has 104 valence electrons. The van der Waals surface area contributed by atoms with Crippen molar-refractivity contribution in [2.75, 3.05) is 7.11 Å². The molecular weight excluding hydrogens is 248 g/mol. The fourth-order valence-electron chi connectivity index (χ4n) is 2.31. The third-order valence-corrected chi connectivity index (χ3v) is 3.39. The quantitative estimate of drug-likeness (QED) is 0.872. The van der Waals surface area contributed by atoms with E-state index in [1.807, 2.05) is 0 Å². The molecule has 0 radical (unpaired) electrons. The Bertz CT molecular complexity index is 438. The van der Waals surface area contributed by atoms with Crippen LogP contribution in [0.1, 0.15) is 41.7 Å². The fraction of sp³-hybridized carbons (Fsp3) is 0.615. The van der Waals surface area contributed by atoms with Crippen LogP contribution in [0.4, 0.5) is 0 Å². The van der Waals surface area contributed by atoms with Crippen LogP contribution in [0.5, 0.6) is 0 Å². The summed E-state index contributed by atoms with van der Waals surface area (Å²) in [5.74, 6) is -1.03. The van der Waals surface area contributed by atoms with Crippen LogP contribution in [0.3, 0.4) is 0 Å². The maximum Gasteiger partial charge on any atom is 0.339 e. The van der Waals surface area contributed by atoms with Crippen LogP contribution in [0.15, 0.2) is 12.5 Å². The normalized spacial score (nSPS) is 23.2. The monoisotopic (exact) mass is 266 g/mol. The van der Waals surface area contributed by atoms with Gasteiger partial charge >= 0.3 is 5.97 Å². The average Bonchev–Trinajstić information content (AvgIpc) is 2.45. The Labute approximate surface area is 111 Å².